The maximum Gasteiger partial charge on any atom is 0.253 e. The first-order chi connectivity index (χ1) is 10.6. The highest BCUT2D eigenvalue weighted by Crippen LogP contribution is 2.18. The van der Waals surface area contributed by atoms with E-state index in [0.29, 0.717) is 11.6 Å². The largest absolute Gasteiger partial charge is 0.369 e. The number of hydrogen-bond donors (Lipinski definition) is 0. The van der Waals surface area contributed by atoms with Gasteiger partial charge in [0, 0.05) is 43.2 Å². The summed E-state index contributed by atoms with van der Waals surface area (Å²) in [6.07, 6.45) is 1.18. The van der Waals surface area contributed by atoms with Gasteiger partial charge in [0.1, 0.15) is 9.84 Å². The van der Waals surface area contributed by atoms with Crippen molar-refractivity contribution in [2.45, 2.75) is 39.8 Å². The number of benzene rings is 1. The Kier molecular flexibility index (Phi) is 6.62. The molecular weight excluding hydrogens is 312 g/mol. The molecule has 5 nitrogen and oxygen atoms in total. The zero-order chi connectivity index (χ0) is 17.8. The van der Waals surface area contributed by atoms with E-state index in [1.165, 1.54) is 11.2 Å². The van der Waals surface area contributed by atoms with Gasteiger partial charge in [0.2, 0.25) is 0 Å². The van der Waals surface area contributed by atoms with Crippen molar-refractivity contribution >= 4 is 21.4 Å². The first-order valence-electron chi connectivity index (χ1n) is 7.88. The van der Waals surface area contributed by atoms with E-state index < -0.39 is 9.84 Å². The Morgan fingerprint density at radius 2 is 1.65 bits per heavy atom. The number of carbonyl (C=O) groups excluding carboxylic acids is 1. The summed E-state index contributed by atoms with van der Waals surface area (Å²) in [6, 6.07) is 7.50. The molecule has 0 spiro atoms. The summed E-state index contributed by atoms with van der Waals surface area (Å²) in [7, 11) is -1.48. The van der Waals surface area contributed by atoms with Crippen LogP contribution in [0.1, 0.15) is 38.1 Å². The van der Waals surface area contributed by atoms with Crippen LogP contribution in [0, 0.1) is 0 Å². The van der Waals surface area contributed by atoms with Gasteiger partial charge in [-0.1, -0.05) is 0 Å². The van der Waals surface area contributed by atoms with Gasteiger partial charge in [-0.15, -0.1) is 0 Å². The first-order valence-corrected chi connectivity index (χ1v) is 9.94. The third-order valence-electron chi connectivity index (χ3n) is 3.94. The SMILES string of the molecule is CCN(c1ccc(C(=O)N(C)C(C)CS(C)(=O)=O)cc1)C(C)C. The number of carbonyl (C=O) groups is 1. The summed E-state index contributed by atoms with van der Waals surface area (Å²) < 4.78 is 22.8. The first kappa shape index (κ1) is 19.5. The Labute approximate surface area is 140 Å². The van der Waals surface area contributed by atoms with E-state index in [2.05, 4.69) is 25.7 Å². The van der Waals surface area contributed by atoms with Crippen LogP contribution in [0.15, 0.2) is 24.3 Å². The van der Waals surface area contributed by atoms with Crippen LogP contribution in [0.25, 0.3) is 0 Å². The fourth-order valence-electron chi connectivity index (χ4n) is 2.60. The molecule has 0 radical (unpaired) electrons. The predicted octanol–water partition coefficient (Wildman–Crippen LogP) is 2.43. The Balaban J connectivity index is 2.89. The number of hydrogen-bond acceptors (Lipinski definition) is 4. The van der Waals surface area contributed by atoms with E-state index >= 15 is 0 Å². The average Bonchev–Trinajstić information content (AvgIpc) is 2.45. The molecule has 0 fully saturated rings. The monoisotopic (exact) mass is 340 g/mol. The second kappa shape index (κ2) is 7.81. The molecule has 0 saturated carbocycles. The lowest BCUT2D eigenvalue weighted by atomic mass is 10.1. The van der Waals surface area contributed by atoms with Crippen LogP contribution >= 0.6 is 0 Å². The quantitative estimate of drug-likeness (QED) is 0.765. The minimum absolute atomic E-state index is 0.0374. The van der Waals surface area contributed by atoms with Gasteiger partial charge in [0.15, 0.2) is 0 Å². The lowest BCUT2D eigenvalue weighted by Gasteiger charge is -2.28. The van der Waals surface area contributed by atoms with E-state index in [4.69, 9.17) is 0 Å². The molecule has 0 aliphatic carbocycles. The normalized spacial score (nSPS) is 13.0. The molecule has 0 bridgehead atoms. The minimum Gasteiger partial charge on any atom is -0.369 e. The van der Waals surface area contributed by atoms with E-state index in [1.54, 1.807) is 26.1 Å². The van der Waals surface area contributed by atoms with Crippen molar-refractivity contribution in [1.29, 1.82) is 0 Å². The molecule has 1 amide bonds. The van der Waals surface area contributed by atoms with Gasteiger partial charge in [0.05, 0.1) is 5.75 Å². The Morgan fingerprint density at radius 3 is 2.04 bits per heavy atom. The molecule has 0 saturated heterocycles. The lowest BCUT2D eigenvalue weighted by Crippen LogP contribution is -2.39. The van der Waals surface area contributed by atoms with Gasteiger partial charge >= 0.3 is 0 Å². The highest BCUT2D eigenvalue weighted by Gasteiger charge is 2.21. The van der Waals surface area contributed by atoms with Gasteiger partial charge in [-0.25, -0.2) is 8.42 Å². The second-order valence-corrected chi connectivity index (χ2v) is 8.47. The van der Waals surface area contributed by atoms with Crippen molar-refractivity contribution in [2.75, 3.05) is 30.5 Å². The molecule has 1 atom stereocenters. The summed E-state index contributed by atoms with van der Waals surface area (Å²) in [5.41, 5.74) is 1.64. The van der Waals surface area contributed by atoms with Gasteiger partial charge in [-0.3, -0.25) is 4.79 Å². The summed E-state index contributed by atoms with van der Waals surface area (Å²) in [4.78, 5) is 16.2. The molecular formula is C17H28N2O3S. The number of rotatable bonds is 7. The zero-order valence-corrected chi connectivity index (χ0v) is 15.7. The highest BCUT2D eigenvalue weighted by molar-refractivity contribution is 7.90. The van der Waals surface area contributed by atoms with Crippen LogP contribution in [-0.4, -0.2) is 56.9 Å². The topological polar surface area (TPSA) is 57.7 Å². The van der Waals surface area contributed by atoms with Crippen molar-refractivity contribution in [3.8, 4) is 0 Å². The van der Waals surface area contributed by atoms with Crippen LogP contribution < -0.4 is 4.90 Å². The van der Waals surface area contributed by atoms with Gasteiger partial charge in [0.25, 0.3) is 5.91 Å². The van der Waals surface area contributed by atoms with Crippen molar-refractivity contribution in [1.82, 2.24) is 4.90 Å². The third-order valence-corrected chi connectivity index (χ3v) is 5.02. The minimum atomic E-state index is -3.12. The number of amides is 1. The Hall–Kier alpha value is -1.56. The van der Waals surface area contributed by atoms with E-state index in [9.17, 15) is 13.2 Å². The van der Waals surface area contributed by atoms with E-state index in [0.717, 1.165) is 12.2 Å². The summed E-state index contributed by atoms with van der Waals surface area (Å²) >= 11 is 0. The Bertz CT molecular complexity index is 624. The number of anilines is 1. The molecule has 1 unspecified atom stereocenters. The smallest absolute Gasteiger partial charge is 0.253 e. The van der Waals surface area contributed by atoms with Crippen molar-refractivity contribution in [3.05, 3.63) is 29.8 Å². The lowest BCUT2D eigenvalue weighted by molar-refractivity contribution is 0.0757. The van der Waals surface area contributed by atoms with Gasteiger partial charge in [-0.05, 0) is 52.0 Å². The second-order valence-electron chi connectivity index (χ2n) is 6.28. The standard InChI is InChI=1S/C17H28N2O3S/c1-7-19(13(2)3)16-10-8-15(9-11-16)17(20)18(5)14(4)12-23(6,21)22/h8-11,13-14H,7,12H2,1-6H3. The molecule has 6 heteroatoms. The zero-order valence-electron chi connectivity index (χ0n) is 14.9. The Morgan fingerprint density at radius 1 is 1.13 bits per heavy atom. The summed E-state index contributed by atoms with van der Waals surface area (Å²) in [5, 5.41) is 0. The molecule has 1 rings (SSSR count). The van der Waals surface area contributed by atoms with Crippen molar-refractivity contribution in [2.24, 2.45) is 0 Å². The van der Waals surface area contributed by atoms with Crippen molar-refractivity contribution < 1.29 is 13.2 Å². The van der Waals surface area contributed by atoms with E-state index in [-0.39, 0.29) is 17.7 Å². The van der Waals surface area contributed by atoms with Crippen LogP contribution in [0.5, 0.6) is 0 Å². The number of sulfone groups is 1. The fourth-order valence-corrected chi connectivity index (χ4v) is 3.69. The van der Waals surface area contributed by atoms with Crippen LogP contribution in [-0.2, 0) is 9.84 Å². The molecule has 1 aromatic carbocycles. The van der Waals surface area contributed by atoms with Gasteiger partial charge < -0.3 is 9.80 Å². The predicted molar refractivity (Wildman–Crippen MR) is 95.9 cm³/mol. The summed E-state index contributed by atoms with van der Waals surface area (Å²) in [6.45, 7) is 8.99. The van der Waals surface area contributed by atoms with Crippen LogP contribution in [0.2, 0.25) is 0 Å². The van der Waals surface area contributed by atoms with Gasteiger partial charge in [-0.2, -0.15) is 0 Å². The maximum atomic E-state index is 12.5. The average molecular weight is 340 g/mol. The fraction of sp³-hybridized carbons (Fsp3) is 0.588. The third kappa shape index (κ3) is 5.53. The molecule has 23 heavy (non-hydrogen) atoms. The van der Waals surface area contributed by atoms with Crippen LogP contribution in [0.3, 0.4) is 0 Å². The molecule has 0 N–H and O–H groups in total. The summed E-state index contributed by atoms with van der Waals surface area (Å²) in [5.74, 6) is -0.204. The molecule has 0 aliphatic rings. The van der Waals surface area contributed by atoms with E-state index in [1.807, 2.05) is 12.1 Å². The molecule has 0 aromatic heterocycles. The molecule has 0 heterocycles. The van der Waals surface area contributed by atoms with Crippen LogP contribution in [0.4, 0.5) is 5.69 Å². The molecule has 130 valence electrons. The molecule has 0 aliphatic heterocycles. The maximum absolute atomic E-state index is 12.5. The number of nitrogens with zero attached hydrogens (tertiary/aromatic N) is 2. The van der Waals surface area contributed by atoms with Crippen molar-refractivity contribution in [3.63, 3.8) is 0 Å². The molecule has 1 aromatic rings. The highest BCUT2D eigenvalue weighted by atomic mass is 32.2.